The molecule has 2 saturated heterocycles. The molecule has 0 saturated carbocycles. The minimum absolute atomic E-state index is 0.305. The van der Waals surface area contributed by atoms with E-state index in [2.05, 4.69) is 24.1 Å². The van der Waals surface area contributed by atoms with Crippen molar-refractivity contribution in [2.45, 2.75) is 58.0 Å². The van der Waals surface area contributed by atoms with Crippen LogP contribution < -0.4 is 5.32 Å². The quantitative estimate of drug-likeness (QED) is 0.685. The molecular formula is C15H31N3O2S. The molecule has 1 N–H and O–H groups in total. The van der Waals surface area contributed by atoms with Gasteiger partial charge in [-0.3, -0.25) is 4.90 Å². The van der Waals surface area contributed by atoms with E-state index in [0.717, 1.165) is 38.9 Å². The Morgan fingerprint density at radius 1 is 1.14 bits per heavy atom. The van der Waals surface area contributed by atoms with E-state index in [1.54, 1.807) is 4.31 Å². The van der Waals surface area contributed by atoms with Gasteiger partial charge in [-0.25, -0.2) is 12.7 Å². The van der Waals surface area contributed by atoms with Gasteiger partial charge in [0.05, 0.1) is 5.75 Å². The van der Waals surface area contributed by atoms with Crippen molar-refractivity contribution < 1.29 is 8.42 Å². The average molecular weight is 317 g/mol. The fraction of sp³-hybridized carbons (Fsp3) is 1.00. The van der Waals surface area contributed by atoms with Gasteiger partial charge in [0.1, 0.15) is 0 Å². The highest BCUT2D eigenvalue weighted by atomic mass is 32.2. The van der Waals surface area contributed by atoms with Gasteiger partial charge in [0.15, 0.2) is 0 Å². The third-order valence-corrected chi connectivity index (χ3v) is 6.48. The molecule has 6 heteroatoms. The molecule has 0 spiro atoms. The molecule has 1 atom stereocenters. The summed E-state index contributed by atoms with van der Waals surface area (Å²) in [5.41, 5.74) is 0. The SMILES string of the molecule is CC(C)NCCCCS(=O)(=O)N1CCC(N2CCCC2)C1. The number of sulfonamides is 1. The summed E-state index contributed by atoms with van der Waals surface area (Å²) in [4.78, 5) is 2.47. The molecular weight excluding hydrogens is 286 g/mol. The van der Waals surface area contributed by atoms with Crippen LogP contribution in [0.3, 0.4) is 0 Å². The Hall–Kier alpha value is -0.170. The van der Waals surface area contributed by atoms with E-state index >= 15 is 0 Å². The zero-order valence-electron chi connectivity index (χ0n) is 13.6. The van der Waals surface area contributed by atoms with Crippen LogP contribution in [0.1, 0.15) is 46.0 Å². The van der Waals surface area contributed by atoms with E-state index in [0.29, 0.717) is 30.9 Å². The van der Waals surface area contributed by atoms with Crippen LogP contribution in [0, 0.1) is 0 Å². The molecule has 0 aliphatic carbocycles. The molecule has 5 nitrogen and oxygen atoms in total. The molecule has 2 fully saturated rings. The van der Waals surface area contributed by atoms with E-state index in [4.69, 9.17) is 0 Å². The number of rotatable bonds is 8. The Kier molecular flexibility index (Phi) is 6.47. The maximum atomic E-state index is 12.4. The molecule has 21 heavy (non-hydrogen) atoms. The van der Waals surface area contributed by atoms with Crippen molar-refractivity contribution in [3.05, 3.63) is 0 Å². The topological polar surface area (TPSA) is 52.7 Å². The summed E-state index contributed by atoms with van der Waals surface area (Å²) in [5, 5.41) is 3.33. The lowest BCUT2D eigenvalue weighted by Gasteiger charge is -2.23. The van der Waals surface area contributed by atoms with Crippen molar-refractivity contribution in [1.82, 2.24) is 14.5 Å². The fourth-order valence-corrected chi connectivity index (χ4v) is 4.91. The van der Waals surface area contributed by atoms with Crippen LogP contribution in [0.5, 0.6) is 0 Å². The predicted octanol–water partition coefficient (Wildman–Crippen LogP) is 1.26. The molecule has 0 aromatic heterocycles. The smallest absolute Gasteiger partial charge is 0.214 e. The van der Waals surface area contributed by atoms with Crippen molar-refractivity contribution in [1.29, 1.82) is 0 Å². The molecule has 2 rings (SSSR count). The number of nitrogens with one attached hydrogen (secondary N) is 1. The fourth-order valence-electron chi connectivity index (χ4n) is 3.30. The molecule has 0 aromatic carbocycles. The lowest BCUT2D eigenvalue weighted by atomic mass is 10.2. The van der Waals surface area contributed by atoms with Crippen LogP contribution in [0.15, 0.2) is 0 Å². The number of nitrogens with zero attached hydrogens (tertiary/aromatic N) is 2. The first kappa shape index (κ1) is 17.2. The third kappa shape index (κ3) is 5.20. The van der Waals surface area contributed by atoms with E-state index in [-0.39, 0.29) is 0 Å². The lowest BCUT2D eigenvalue weighted by Crippen LogP contribution is -2.37. The second-order valence-electron chi connectivity index (χ2n) is 6.68. The van der Waals surface area contributed by atoms with E-state index < -0.39 is 10.0 Å². The zero-order valence-corrected chi connectivity index (χ0v) is 14.4. The van der Waals surface area contributed by atoms with E-state index in [9.17, 15) is 8.42 Å². The zero-order chi connectivity index (χ0) is 15.3. The van der Waals surface area contributed by atoms with Gasteiger partial charge in [0.2, 0.25) is 10.0 Å². The summed E-state index contributed by atoms with van der Waals surface area (Å²) >= 11 is 0. The molecule has 1 unspecified atom stereocenters. The first-order chi connectivity index (χ1) is 9.99. The van der Waals surface area contributed by atoms with Gasteiger partial charge in [-0.2, -0.15) is 0 Å². The molecule has 0 bridgehead atoms. The highest BCUT2D eigenvalue weighted by molar-refractivity contribution is 7.89. The van der Waals surface area contributed by atoms with Crippen molar-refractivity contribution >= 4 is 10.0 Å². The predicted molar refractivity (Wildman–Crippen MR) is 86.9 cm³/mol. The number of likely N-dealkylation sites (tertiary alicyclic amines) is 1. The highest BCUT2D eigenvalue weighted by Gasteiger charge is 2.34. The summed E-state index contributed by atoms with van der Waals surface area (Å²) in [6, 6.07) is 0.936. The minimum atomic E-state index is -3.04. The summed E-state index contributed by atoms with van der Waals surface area (Å²) in [6.45, 7) is 8.86. The minimum Gasteiger partial charge on any atom is -0.315 e. The molecule has 2 aliphatic heterocycles. The number of hydrogen-bond donors (Lipinski definition) is 1. The highest BCUT2D eigenvalue weighted by Crippen LogP contribution is 2.22. The van der Waals surface area contributed by atoms with Crippen LogP contribution in [-0.2, 0) is 10.0 Å². The van der Waals surface area contributed by atoms with E-state index in [1.807, 2.05) is 0 Å². The Bertz CT molecular complexity index is 405. The molecule has 2 aliphatic rings. The first-order valence-electron chi connectivity index (χ1n) is 8.44. The van der Waals surface area contributed by atoms with Crippen molar-refractivity contribution in [3.63, 3.8) is 0 Å². The summed E-state index contributed by atoms with van der Waals surface area (Å²) in [7, 11) is -3.04. The maximum Gasteiger partial charge on any atom is 0.214 e. The van der Waals surface area contributed by atoms with Crippen molar-refractivity contribution in [2.75, 3.05) is 38.5 Å². The summed E-state index contributed by atoms with van der Waals surface area (Å²) in [6.07, 6.45) is 5.24. The van der Waals surface area contributed by atoms with Crippen molar-refractivity contribution in [2.24, 2.45) is 0 Å². The van der Waals surface area contributed by atoms with Crippen LogP contribution in [-0.4, -0.2) is 68.2 Å². The van der Waals surface area contributed by atoms with Crippen molar-refractivity contribution in [3.8, 4) is 0 Å². The Labute approximate surface area is 130 Å². The van der Waals surface area contributed by atoms with Gasteiger partial charge < -0.3 is 5.32 Å². The normalized spacial score (nSPS) is 25.2. The largest absolute Gasteiger partial charge is 0.315 e. The molecule has 124 valence electrons. The number of unbranched alkanes of at least 4 members (excludes halogenated alkanes) is 1. The monoisotopic (exact) mass is 317 g/mol. The number of hydrogen-bond acceptors (Lipinski definition) is 4. The van der Waals surface area contributed by atoms with Gasteiger partial charge in [-0.1, -0.05) is 13.8 Å². The summed E-state index contributed by atoms with van der Waals surface area (Å²) < 4.78 is 26.5. The van der Waals surface area contributed by atoms with Crippen LogP contribution in [0.4, 0.5) is 0 Å². The van der Waals surface area contributed by atoms with Crippen LogP contribution in [0.25, 0.3) is 0 Å². The maximum absolute atomic E-state index is 12.4. The van der Waals surface area contributed by atoms with Gasteiger partial charge >= 0.3 is 0 Å². The van der Waals surface area contributed by atoms with E-state index in [1.165, 1.54) is 12.8 Å². The first-order valence-corrected chi connectivity index (χ1v) is 10.1. The van der Waals surface area contributed by atoms with Gasteiger partial charge in [-0.05, 0) is 51.7 Å². The standard InChI is InChI=1S/C15H31N3O2S/c1-14(2)16-8-3-6-12-21(19,20)18-11-7-15(13-18)17-9-4-5-10-17/h14-16H,3-13H2,1-2H3. The molecule has 0 radical (unpaired) electrons. The Morgan fingerprint density at radius 3 is 2.52 bits per heavy atom. The second kappa shape index (κ2) is 7.90. The third-order valence-electron chi connectivity index (χ3n) is 4.56. The Morgan fingerprint density at radius 2 is 1.86 bits per heavy atom. The van der Waals surface area contributed by atoms with Gasteiger partial charge in [0.25, 0.3) is 0 Å². The van der Waals surface area contributed by atoms with Crippen LogP contribution in [0.2, 0.25) is 0 Å². The van der Waals surface area contributed by atoms with Crippen LogP contribution >= 0.6 is 0 Å². The molecule has 0 aromatic rings. The van der Waals surface area contributed by atoms with Gasteiger partial charge in [-0.15, -0.1) is 0 Å². The summed E-state index contributed by atoms with van der Waals surface area (Å²) in [5.74, 6) is 0.305. The Balaban J connectivity index is 1.70. The second-order valence-corrected chi connectivity index (χ2v) is 8.76. The molecule has 0 amide bonds. The average Bonchev–Trinajstić information content (AvgIpc) is 3.09. The lowest BCUT2D eigenvalue weighted by molar-refractivity contribution is 0.251. The van der Waals surface area contributed by atoms with Gasteiger partial charge in [0, 0.05) is 25.2 Å². The molecule has 2 heterocycles.